The summed E-state index contributed by atoms with van der Waals surface area (Å²) in [5.74, 6) is -0.868. The van der Waals surface area contributed by atoms with E-state index >= 15 is 0 Å². The normalized spacial score (nSPS) is 14.6. The van der Waals surface area contributed by atoms with Crippen LogP contribution in [-0.4, -0.2) is 48.6 Å². The highest BCUT2D eigenvalue weighted by atomic mass is 16.4. The van der Waals surface area contributed by atoms with Gasteiger partial charge in [0, 0.05) is 31.9 Å². The Balaban J connectivity index is 2.09. The molecular weight excluding hydrogens is 268 g/mol. The van der Waals surface area contributed by atoms with Gasteiger partial charge in [-0.2, -0.15) is 0 Å². The Morgan fingerprint density at radius 2 is 1.95 bits per heavy atom. The molecule has 1 amide bonds. The Morgan fingerprint density at radius 3 is 2.62 bits per heavy atom. The van der Waals surface area contributed by atoms with Crippen molar-refractivity contribution < 1.29 is 14.7 Å². The second-order valence-corrected chi connectivity index (χ2v) is 5.17. The summed E-state index contributed by atoms with van der Waals surface area (Å²) in [6, 6.07) is 7.45. The molecule has 1 aromatic rings. The van der Waals surface area contributed by atoms with Gasteiger partial charge in [0.15, 0.2) is 0 Å². The Kier molecular flexibility index (Phi) is 4.98. The van der Waals surface area contributed by atoms with Gasteiger partial charge in [0.2, 0.25) is 5.91 Å². The van der Waals surface area contributed by atoms with Crippen LogP contribution in [-0.2, 0) is 9.59 Å². The van der Waals surface area contributed by atoms with Crippen molar-refractivity contribution in [3.63, 3.8) is 0 Å². The molecule has 112 valence electrons. The van der Waals surface area contributed by atoms with E-state index in [9.17, 15) is 9.59 Å². The van der Waals surface area contributed by atoms with Crippen molar-refractivity contribution in [2.24, 2.45) is 0 Å². The quantitative estimate of drug-likeness (QED) is 0.840. The van der Waals surface area contributed by atoms with E-state index in [1.807, 2.05) is 41.1 Å². The first-order valence-corrected chi connectivity index (χ1v) is 7.07. The van der Waals surface area contributed by atoms with Crippen molar-refractivity contribution in [3.8, 4) is 0 Å². The van der Waals surface area contributed by atoms with Crippen molar-refractivity contribution in [3.05, 3.63) is 35.9 Å². The molecule has 0 aromatic heterocycles. The first kappa shape index (κ1) is 15.1. The SMILES string of the molecule is CN(CC(=O)N1CCCC1)c1ccccc1C=CC(=O)O. The number of hydrogen-bond acceptors (Lipinski definition) is 3. The average molecular weight is 288 g/mol. The number of likely N-dealkylation sites (tertiary alicyclic amines) is 1. The Morgan fingerprint density at radius 1 is 1.29 bits per heavy atom. The highest BCUT2D eigenvalue weighted by Crippen LogP contribution is 2.21. The van der Waals surface area contributed by atoms with Crippen molar-refractivity contribution in [1.29, 1.82) is 0 Å². The molecule has 5 nitrogen and oxygen atoms in total. The van der Waals surface area contributed by atoms with Crippen LogP contribution in [0.15, 0.2) is 30.3 Å². The minimum absolute atomic E-state index is 0.118. The molecule has 1 fully saturated rings. The summed E-state index contributed by atoms with van der Waals surface area (Å²) >= 11 is 0. The largest absolute Gasteiger partial charge is 0.478 e. The fourth-order valence-corrected chi connectivity index (χ4v) is 2.49. The molecule has 5 heteroatoms. The number of rotatable bonds is 5. The third-order valence-electron chi connectivity index (χ3n) is 3.58. The number of benzene rings is 1. The zero-order chi connectivity index (χ0) is 15.2. The van der Waals surface area contributed by atoms with Gasteiger partial charge in [0.05, 0.1) is 6.54 Å². The molecule has 1 aromatic carbocycles. The molecule has 1 saturated heterocycles. The summed E-state index contributed by atoms with van der Waals surface area (Å²) in [6.07, 6.45) is 4.81. The number of carboxylic acid groups (broad SMARTS) is 1. The summed E-state index contributed by atoms with van der Waals surface area (Å²) < 4.78 is 0. The van der Waals surface area contributed by atoms with Crippen molar-refractivity contribution in [2.45, 2.75) is 12.8 Å². The number of carbonyl (C=O) groups excluding carboxylic acids is 1. The smallest absolute Gasteiger partial charge is 0.328 e. The molecule has 0 atom stereocenters. The number of anilines is 1. The summed E-state index contributed by atoms with van der Waals surface area (Å²) in [5, 5.41) is 8.73. The van der Waals surface area contributed by atoms with Gasteiger partial charge in [-0.1, -0.05) is 18.2 Å². The van der Waals surface area contributed by atoms with E-state index in [0.717, 1.165) is 43.3 Å². The maximum Gasteiger partial charge on any atom is 0.328 e. The second kappa shape index (κ2) is 6.92. The first-order valence-electron chi connectivity index (χ1n) is 7.07. The zero-order valence-corrected chi connectivity index (χ0v) is 12.2. The standard InChI is InChI=1S/C16H20N2O3/c1-17(12-15(19)18-10-4-5-11-18)14-7-3-2-6-13(14)8-9-16(20)21/h2-3,6-9H,4-5,10-12H2,1H3,(H,20,21). The lowest BCUT2D eigenvalue weighted by Gasteiger charge is -2.24. The van der Waals surface area contributed by atoms with E-state index in [1.54, 1.807) is 6.08 Å². The third-order valence-corrected chi connectivity index (χ3v) is 3.58. The van der Waals surface area contributed by atoms with Gasteiger partial charge in [0.25, 0.3) is 0 Å². The Hall–Kier alpha value is -2.30. The lowest BCUT2D eigenvalue weighted by Crippen LogP contribution is -2.37. The zero-order valence-electron chi connectivity index (χ0n) is 12.2. The van der Waals surface area contributed by atoms with Gasteiger partial charge < -0.3 is 14.9 Å². The molecule has 0 radical (unpaired) electrons. The number of aliphatic carboxylic acids is 1. The lowest BCUT2D eigenvalue weighted by molar-refractivity contribution is -0.131. The van der Waals surface area contributed by atoms with Gasteiger partial charge in [0.1, 0.15) is 0 Å². The number of para-hydroxylation sites is 1. The number of amides is 1. The van der Waals surface area contributed by atoms with Crippen LogP contribution in [0.5, 0.6) is 0 Å². The van der Waals surface area contributed by atoms with Crippen LogP contribution in [0.4, 0.5) is 5.69 Å². The van der Waals surface area contributed by atoms with E-state index in [-0.39, 0.29) is 5.91 Å². The molecule has 1 aliphatic heterocycles. The predicted octanol–water partition coefficient (Wildman–Crippen LogP) is 1.84. The number of likely N-dealkylation sites (N-methyl/N-ethyl adjacent to an activating group) is 1. The summed E-state index contributed by atoms with van der Waals surface area (Å²) in [4.78, 5) is 26.6. The highest BCUT2D eigenvalue weighted by molar-refractivity contribution is 5.88. The molecule has 0 saturated carbocycles. The monoisotopic (exact) mass is 288 g/mol. The molecule has 0 spiro atoms. The van der Waals surface area contributed by atoms with E-state index < -0.39 is 5.97 Å². The molecule has 0 unspecified atom stereocenters. The van der Waals surface area contributed by atoms with Crippen LogP contribution in [0.1, 0.15) is 18.4 Å². The molecule has 1 N–H and O–H groups in total. The van der Waals surface area contributed by atoms with Gasteiger partial charge >= 0.3 is 5.97 Å². The average Bonchev–Trinajstić information content (AvgIpc) is 2.99. The minimum atomic E-state index is -0.986. The van der Waals surface area contributed by atoms with Crippen LogP contribution in [0.2, 0.25) is 0 Å². The summed E-state index contributed by atoms with van der Waals surface area (Å²) in [6.45, 7) is 1.98. The molecule has 1 aliphatic rings. The molecular formula is C16H20N2O3. The highest BCUT2D eigenvalue weighted by Gasteiger charge is 2.19. The van der Waals surface area contributed by atoms with Gasteiger partial charge in [-0.05, 0) is 30.5 Å². The molecule has 0 aliphatic carbocycles. The van der Waals surface area contributed by atoms with Gasteiger partial charge in [-0.3, -0.25) is 4.79 Å². The fraction of sp³-hybridized carbons (Fsp3) is 0.375. The van der Waals surface area contributed by atoms with Crippen LogP contribution in [0.25, 0.3) is 6.08 Å². The molecule has 21 heavy (non-hydrogen) atoms. The third kappa shape index (κ3) is 4.08. The fourth-order valence-electron chi connectivity index (χ4n) is 2.49. The Bertz CT molecular complexity index is 548. The number of carboxylic acids is 1. The summed E-state index contributed by atoms with van der Waals surface area (Å²) in [7, 11) is 1.85. The number of nitrogens with zero attached hydrogens (tertiary/aromatic N) is 2. The van der Waals surface area contributed by atoms with E-state index in [0.29, 0.717) is 6.54 Å². The van der Waals surface area contributed by atoms with E-state index in [1.165, 1.54) is 0 Å². The maximum absolute atomic E-state index is 12.2. The van der Waals surface area contributed by atoms with E-state index in [2.05, 4.69) is 0 Å². The maximum atomic E-state index is 12.2. The van der Waals surface area contributed by atoms with Crippen molar-refractivity contribution >= 4 is 23.6 Å². The van der Waals surface area contributed by atoms with E-state index in [4.69, 9.17) is 5.11 Å². The topological polar surface area (TPSA) is 60.9 Å². The van der Waals surface area contributed by atoms with Crippen LogP contribution >= 0.6 is 0 Å². The van der Waals surface area contributed by atoms with Crippen molar-refractivity contribution in [2.75, 3.05) is 31.6 Å². The van der Waals surface area contributed by atoms with Crippen LogP contribution in [0, 0.1) is 0 Å². The second-order valence-electron chi connectivity index (χ2n) is 5.17. The van der Waals surface area contributed by atoms with Gasteiger partial charge in [-0.15, -0.1) is 0 Å². The lowest BCUT2D eigenvalue weighted by atomic mass is 10.1. The minimum Gasteiger partial charge on any atom is -0.478 e. The molecule has 1 heterocycles. The predicted molar refractivity (Wildman–Crippen MR) is 82.2 cm³/mol. The summed E-state index contributed by atoms with van der Waals surface area (Å²) in [5.41, 5.74) is 1.64. The van der Waals surface area contributed by atoms with Crippen LogP contribution in [0.3, 0.4) is 0 Å². The first-order chi connectivity index (χ1) is 10.1. The molecule has 0 bridgehead atoms. The number of hydrogen-bond donors (Lipinski definition) is 1. The van der Waals surface area contributed by atoms with Crippen LogP contribution < -0.4 is 4.90 Å². The number of carbonyl (C=O) groups is 2. The molecule has 2 rings (SSSR count). The van der Waals surface area contributed by atoms with Gasteiger partial charge in [-0.25, -0.2) is 4.79 Å². The van der Waals surface area contributed by atoms with Crippen molar-refractivity contribution in [1.82, 2.24) is 4.90 Å². The Labute approximate surface area is 124 Å².